The highest BCUT2D eigenvalue weighted by Gasteiger charge is 2.61. The Balaban J connectivity index is 1.41. The van der Waals surface area contributed by atoms with Crippen LogP contribution in [0.3, 0.4) is 0 Å². The average Bonchev–Trinajstić information content (AvgIpc) is 3.85. The zero-order valence-corrected chi connectivity index (χ0v) is 31.4. The third-order valence-electron chi connectivity index (χ3n) is 11.5. The molecule has 4 aromatic rings. The van der Waals surface area contributed by atoms with Crippen LogP contribution in [0.15, 0.2) is 121 Å². The molecule has 3 aliphatic rings. The van der Waals surface area contributed by atoms with Crippen LogP contribution in [0.4, 0.5) is 0 Å². The summed E-state index contributed by atoms with van der Waals surface area (Å²) in [5, 5.41) is 17.2. The van der Waals surface area contributed by atoms with Gasteiger partial charge in [-0.15, -0.1) is 0 Å². The van der Waals surface area contributed by atoms with E-state index in [1.807, 2.05) is 0 Å². The van der Waals surface area contributed by atoms with Crippen LogP contribution in [0.5, 0.6) is 0 Å². The van der Waals surface area contributed by atoms with Gasteiger partial charge < -0.3 is 18.7 Å². The first-order chi connectivity index (χ1) is 23.0. The van der Waals surface area contributed by atoms with E-state index in [1.54, 1.807) is 0 Å². The van der Waals surface area contributed by atoms with Crippen molar-refractivity contribution in [3.05, 3.63) is 121 Å². The Morgan fingerprint density at radius 1 is 0.542 bits per heavy atom. The maximum atomic E-state index is 12.7. The highest BCUT2D eigenvalue weighted by molar-refractivity contribution is 7.00. The van der Waals surface area contributed by atoms with Crippen LogP contribution in [-0.2, 0) is 13.6 Å². The van der Waals surface area contributed by atoms with Crippen molar-refractivity contribution in [1.82, 2.24) is 0 Å². The minimum Gasteiger partial charge on any atom is -0.402 e. The van der Waals surface area contributed by atoms with Crippen LogP contribution < -0.4 is 20.7 Å². The summed E-state index contributed by atoms with van der Waals surface area (Å²) < 4.78 is 22.0. The molecule has 0 bridgehead atoms. The molecular formula is C42H52O4Si2. The quantitative estimate of drug-likeness (QED) is 0.173. The summed E-state index contributed by atoms with van der Waals surface area (Å²) in [6.07, 6.45) is 1.84. The van der Waals surface area contributed by atoms with Gasteiger partial charge in [0, 0.05) is 0 Å². The van der Waals surface area contributed by atoms with E-state index >= 15 is 0 Å². The number of aliphatic hydroxyl groups excluding tert-OH is 1. The second-order valence-electron chi connectivity index (χ2n) is 16.4. The van der Waals surface area contributed by atoms with Gasteiger partial charge in [0.05, 0.1) is 30.5 Å². The van der Waals surface area contributed by atoms with Gasteiger partial charge in [0.15, 0.2) is 0 Å². The van der Waals surface area contributed by atoms with Gasteiger partial charge in [0.25, 0.3) is 16.6 Å². The van der Waals surface area contributed by atoms with E-state index in [4.69, 9.17) is 13.6 Å². The number of fused-ring (bicyclic) bond motifs is 2. The molecule has 2 aliphatic carbocycles. The fourth-order valence-electron chi connectivity index (χ4n) is 9.19. The fraction of sp³-hybridized carbons (Fsp3) is 0.429. The molecule has 0 radical (unpaired) electrons. The van der Waals surface area contributed by atoms with Crippen molar-refractivity contribution in [1.29, 1.82) is 0 Å². The SMILES string of the molecule is CC(C)(C)[Si](O[C@@H]1[C@H](O)[C@@H]2C[C@@H]3O[C@@H]3C[C@@H]2C[C@H]1O[Si](c1ccccc1)(c1ccccc1)C(C)(C)C)(c1ccccc1)c1ccccc1. The van der Waals surface area contributed by atoms with Crippen molar-refractivity contribution < 1.29 is 18.7 Å². The molecule has 3 fully saturated rings. The molecule has 1 N–H and O–H groups in total. The molecule has 4 aromatic carbocycles. The lowest BCUT2D eigenvalue weighted by atomic mass is 9.67. The zero-order chi connectivity index (χ0) is 33.7. The molecule has 48 heavy (non-hydrogen) atoms. The normalized spacial score (nSPS) is 27.5. The third kappa shape index (κ3) is 5.78. The van der Waals surface area contributed by atoms with Crippen molar-refractivity contribution in [2.75, 3.05) is 0 Å². The summed E-state index contributed by atoms with van der Waals surface area (Å²) in [6.45, 7) is 14.0. The van der Waals surface area contributed by atoms with E-state index in [-0.39, 0.29) is 28.2 Å². The van der Waals surface area contributed by atoms with Gasteiger partial charge in [-0.1, -0.05) is 163 Å². The number of benzene rings is 4. The van der Waals surface area contributed by atoms with Gasteiger partial charge in [-0.25, -0.2) is 0 Å². The Morgan fingerprint density at radius 3 is 1.31 bits per heavy atom. The molecule has 4 nitrogen and oxygen atoms in total. The van der Waals surface area contributed by atoms with Crippen LogP contribution in [0.25, 0.3) is 0 Å². The lowest BCUT2D eigenvalue weighted by molar-refractivity contribution is -0.122. The molecule has 1 heterocycles. The second-order valence-corrected chi connectivity index (χ2v) is 24.9. The Hall–Kier alpha value is -2.85. The van der Waals surface area contributed by atoms with Gasteiger partial charge in [-0.05, 0) is 61.9 Å². The number of hydrogen-bond acceptors (Lipinski definition) is 4. The summed E-state index contributed by atoms with van der Waals surface area (Å²) in [5.41, 5.74) is 0. The number of hydrogen-bond donors (Lipinski definition) is 1. The Labute approximate surface area is 289 Å². The third-order valence-corrected chi connectivity index (χ3v) is 21.6. The monoisotopic (exact) mass is 676 g/mol. The minimum absolute atomic E-state index is 0.121. The lowest BCUT2D eigenvalue weighted by Crippen LogP contribution is -2.73. The van der Waals surface area contributed by atoms with E-state index in [1.165, 1.54) is 20.7 Å². The van der Waals surface area contributed by atoms with Crippen LogP contribution in [0.1, 0.15) is 60.8 Å². The second kappa shape index (κ2) is 12.8. The molecule has 0 unspecified atom stereocenters. The zero-order valence-electron chi connectivity index (χ0n) is 29.4. The molecule has 252 valence electrons. The van der Waals surface area contributed by atoms with Crippen molar-refractivity contribution in [2.45, 2.75) is 101 Å². The molecule has 0 aromatic heterocycles. The van der Waals surface area contributed by atoms with Gasteiger partial charge in [0.1, 0.15) is 0 Å². The summed E-state index contributed by atoms with van der Waals surface area (Å²) >= 11 is 0. The summed E-state index contributed by atoms with van der Waals surface area (Å²) in [5.74, 6) is 0.446. The summed E-state index contributed by atoms with van der Waals surface area (Å²) in [7, 11) is -5.98. The predicted molar refractivity (Wildman–Crippen MR) is 200 cm³/mol. The van der Waals surface area contributed by atoms with Gasteiger partial charge in [0.2, 0.25) is 0 Å². The number of rotatable bonds is 8. The van der Waals surface area contributed by atoms with Crippen molar-refractivity contribution in [3.63, 3.8) is 0 Å². The van der Waals surface area contributed by atoms with Crippen molar-refractivity contribution in [3.8, 4) is 0 Å². The first-order valence-electron chi connectivity index (χ1n) is 17.9. The van der Waals surface area contributed by atoms with E-state index in [2.05, 4.69) is 163 Å². The number of epoxide rings is 1. The lowest BCUT2D eigenvalue weighted by Gasteiger charge is -2.54. The number of aliphatic hydroxyl groups is 1. The Bertz CT molecular complexity index is 1570. The molecule has 7 rings (SSSR count). The molecule has 2 saturated carbocycles. The highest BCUT2D eigenvalue weighted by Crippen LogP contribution is 2.52. The van der Waals surface area contributed by atoms with Crippen molar-refractivity contribution in [2.24, 2.45) is 11.8 Å². The largest absolute Gasteiger partial charge is 0.402 e. The van der Waals surface area contributed by atoms with Crippen LogP contribution in [-0.4, -0.2) is 52.3 Å². The minimum atomic E-state index is -3.02. The van der Waals surface area contributed by atoms with Crippen molar-refractivity contribution >= 4 is 37.4 Å². The molecule has 1 aliphatic heterocycles. The van der Waals surface area contributed by atoms with Gasteiger partial charge >= 0.3 is 0 Å². The smallest absolute Gasteiger partial charge is 0.261 e. The molecule has 7 atom stereocenters. The molecular weight excluding hydrogens is 625 g/mol. The van der Waals surface area contributed by atoms with Crippen LogP contribution >= 0.6 is 0 Å². The summed E-state index contributed by atoms with van der Waals surface area (Å²) in [4.78, 5) is 0. The average molecular weight is 677 g/mol. The summed E-state index contributed by atoms with van der Waals surface area (Å²) in [6, 6.07) is 43.4. The molecule has 0 amide bonds. The predicted octanol–water partition coefficient (Wildman–Crippen LogP) is 6.44. The number of ether oxygens (including phenoxy) is 1. The van der Waals surface area contributed by atoms with E-state index in [0.29, 0.717) is 12.0 Å². The van der Waals surface area contributed by atoms with E-state index < -0.39 is 28.8 Å². The Kier molecular flexibility index (Phi) is 8.97. The fourth-order valence-corrected chi connectivity index (χ4v) is 18.6. The topological polar surface area (TPSA) is 51.2 Å². The molecule has 0 spiro atoms. The van der Waals surface area contributed by atoms with Crippen LogP contribution in [0.2, 0.25) is 10.1 Å². The molecule has 6 heteroatoms. The first kappa shape index (κ1) is 33.6. The van der Waals surface area contributed by atoms with Gasteiger partial charge in [-0.2, -0.15) is 0 Å². The maximum Gasteiger partial charge on any atom is 0.261 e. The van der Waals surface area contributed by atoms with E-state index in [9.17, 15) is 5.11 Å². The highest BCUT2D eigenvalue weighted by atomic mass is 28.4. The first-order valence-corrected chi connectivity index (χ1v) is 21.7. The standard InChI is InChI=1S/C42H52O4Si2/c1-41(2,3)47(31-19-11-7-12-20-31,32-21-13-8-14-22-32)45-38-28-30-27-36-37(44-36)29-35(30)39(43)40(38)46-48(42(4,5)6,33-23-15-9-16-24-33)34-25-17-10-18-26-34/h7-26,30,35-40,43H,27-29H2,1-6H3/t30-,35-,36-,37+,38-,39-,40+/m1/s1. The maximum absolute atomic E-state index is 12.7. The molecule has 1 saturated heterocycles. The van der Waals surface area contributed by atoms with E-state index in [0.717, 1.165) is 19.3 Å². The van der Waals surface area contributed by atoms with Crippen LogP contribution in [0, 0.1) is 11.8 Å². The van der Waals surface area contributed by atoms with Gasteiger partial charge in [-0.3, -0.25) is 0 Å². The Morgan fingerprint density at radius 2 is 0.917 bits per heavy atom.